The van der Waals surface area contributed by atoms with Crippen LogP contribution >= 0.6 is 11.6 Å². The van der Waals surface area contributed by atoms with Crippen LogP contribution in [-0.4, -0.2) is 35.6 Å². The van der Waals surface area contributed by atoms with Gasteiger partial charge in [0.1, 0.15) is 5.65 Å². The zero-order valence-corrected chi connectivity index (χ0v) is 20.4. The summed E-state index contributed by atoms with van der Waals surface area (Å²) >= 11 is 6.06. The summed E-state index contributed by atoms with van der Waals surface area (Å²) < 4.78 is 46.6. The lowest BCUT2D eigenvalue weighted by atomic mass is 10.0. The van der Waals surface area contributed by atoms with E-state index in [-0.39, 0.29) is 12.3 Å². The molecular formula is C27H25ClF3N3O2. The minimum atomic E-state index is -4.43. The number of carbonyl (C=O) groups is 1. The van der Waals surface area contributed by atoms with Gasteiger partial charge in [-0.3, -0.25) is 4.79 Å². The third-order valence-electron chi connectivity index (χ3n) is 5.79. The number of amides is 1. The molecule has 0 bridgehead atoms. The number of pyridine rings is 1. The van der Waals surface area contributed by atoms with Gasteiger partial charge in [-0.25, -0.2) is 4.98 Å². The molecule has 0 atom stereocenters. The summed E-state index contributed by atoms with van der Waals surface area (Å²) in [6, 6.07) is 16.0. The molecule has 2 heterocycles. The molecule has 0 aliphatic heterocycles. The Bertz CT molecular complexity index is 1350. The normalized spacial score (nSPS) is 11.7. The minimum absolute atomic E-state index is 0.0999. The molecule has 2 aromatic carbocycles. The second kappa shape index (κ2) is 11.1. The average Bonchev–Trinajstić information content (AvgIpc) is 3.23. The van der Waals surface area contributed by atoms with Gasteiger partial charge in [0, 0.05) is 43.5 Å². The summed E-state index contributed by atoms with van der Waals surface area (Å²) in [5, 5.41) is 3.47. The molecule has 188 valence electrons. The molecule has 0 saturated carbocycles. The number of carbonyl (C=O) groups excluding carboxylic acids is 1. The number of aromatic nitrogens is 2. The standard InChI is InChI=1S/C27H25ClF3N3O2/c1-36-15-3-14-32-25(35)13-11-23-26(18-6-9-22(28)10-7-18)33-24-12-8-20(17-34(23)24)19-4-2-5-21(16-19)27(29,30)31/h2,4-10,12,16-17H,3,11,13-15H2,1H3,(H,32,35). The van der Waals surface area contributed by atoms with Crippen LogP contribution < -0.4 is 5.32 Å². The van der Waals surface area contributed by atoms with Crippen LogP contribution in [0.1, 0.15) is 24.1 Å². The highest BCUT2D eigenvalue weighted by Crippen LogP contribution is 2.33. The predicted molar refractivity (Wildman–Crippen MR) is 134 cm³/mol. The van der Waals surface area contributed by atoms with Crippen LogP contribution in [0, 0.1) is 0 Å². The van der Waals surface area contributed by atoms with E-state index in [0.29, 0.717) is 53.5 Å². The Balaban J connectivity index is 1.70. The van der Waals surface area contributed by atoms with Gasteiger partial charge in [0.05, 0.1) is 17.0 Å². The maximum atomic E-state index is 13.3. The number of methoxy groups -OCH3 is 1. The summed E-state index contributed by atoms with van der Waals surface area (Å²) in [6.45, 7) is 1.08. The number of imidazole rings is 1. The summed E-state index contributed by atoms with van der Waals surface area (Å²) in [4.78, 5) is 17.2. The quantitative estimate of drug-likeness (QED) is 0.261. The molecule has 0 fully saturated rings. The number of nitrogens with zero attached hydrogens (tertiary/aromatic N) is 2. The van der Waals surface area contributed by atoms with Crippen molar-refractivity contribution in [3.63, 3.8) is 0 Å². The molecule has 4 rings (SSSR count). The smallest absolute Gasteiger partial charge is 0.385 e. The number of nitrogens with one attached hydrogen (secondary N) is 1. The highest BCUT2D eigenvalue weighted by Gasteiger charge is 2.30. The molecule has 0 spiro atoms. The fourth-order valence-corrected chi connectivity index (χ4v) is 4.11. The summed E-state index contributed by atoms with van der Waals surface area (Å²) in [5.74, 6) is -0.0999. The van der Waals surface area contributed by atoms with Crippen molar-refractivity contribution >= 4 is 23.2 Å². The molecule has 1 N–H and O–H groups in total. The third-order valence-corrected chi connectivity index (χ3v) is 6.05. The maximum absolute atomic E-state index is 13.3. The molecule has 9 heteroatoms. The molecule has 2 aromatic heterocycles. The van der Waals surface area contributed by atoms with Gasteiger partial charge in [-0.2, -0.15) is 13.2 Å². The van der Waals surface area contributed by atoms with E-state index in [9.17, 15) is 18.0 Å². The zero-order valence-electron chi connectivity index (χ0n) is 19.6. The lowest BCUT2D eigenvalue weighted by Crippen LogP contribution is -2.25. The molecule has 0 unspecified atom stereocenters. The van der Waals surface area contributed by atoms with E-state index in [4.69, 9.17) is 21.3 Å². The molecule has 0 saturated heterocycles. The number of hydrogen-bond donors (Lipinski definition) is 1. The number of hydrogen-bond acceptors (Lipinski definition) is 3. The Hall–Kier alpha value is -3.36. The van der Waals surface area contributed by atoms with Crippen molar-refractivity contribution in [3.8, 4) is 22.4 Å². The van der Waals surface area contributed by atoms with Crippen LogP contribution in [0.15, 0.2) is 66.9 Å². The second-order valence-corrected chi connectivity index (χ2v) is 8.77. The van der Waals surface area contributed by atoms with Gasteiger partial charge in [-0.05, 0) is 60.4 Å². The van der Waals surface area contributed by atoms with Gasteiger partial charge < -0.3 is 14.5 Å². The van der Waals surface area contributed by atoms with Crippen molar-refractivity contribution in [2.75, 3.05) is 20.3 Å². The predicted octanol–water partition coefficient (Wildman–Crippen LogP) is 6.43. The SMILES string of the molecule is COCCCNC(=O)CCc1c(-c2ccc(Cl)cc2)nc2ccc(-c3cccc(C(F)(F)F)c3)cn12. The molecule has 5 nitrogen and oxygen atoms in total. The lowest BCUT2D eigenvalue weighted by Gasteiger charge is -2.10. The van der Waals surface area contributed by atoms with Gasteiger partial charge in [-0.1, -0.05) is 35.9 Å². The fraction of sp³-hybridized carbons (Fsp3) is 0.259. The maximum Gasteiger partial charge on any atom is 0.416 e. The molecule has 1 amide bonds. The Morgan fingerprint density at radius 2 is 1.81 bits per heavy atom. The molecule has 0 radical (unpaired) electrons. The van der Waals surface area contributed by atoms with E-state index in [1.54, 1.807) is 43.6 Å². The van der Waals surface area contributed by atoms with Crippen molar-refractivity contribution in [2.24, 2.45) is 0 Å². The highest BCUT2D eigenvalue weighted by atomic mass is 35.5. The number of halogens is 4. The van der Waals surface area contributed by atoms with E-state index in [1.165, 1.54) is 6.07 Å². The number of rotatable bonds is 9. The zero-order chi connectivity index (χ0) is 25.7. The van der Waals surface area contributed by atoms with Gasteiger partial charge in [0.2, 0.25) is 5.91 Å². The fourth-order valence-electron chi connectivity index (χ4n) is 3.98. The largest absolute Gasteiger partial charge is 0.416 e. The van der Waals surface area contributed by atoms with Gasteiger partial charge >= 0.3 is 6.18 Å². The van der Waals surface area contributed by atoms with Crippen molar-refractivity contribution in [1.82, 2.24) is 14.7 Å². The Kier molecular flexibility index (Phi) is 7.96. The minimum Gasteiger partial charge on any atom is -0.385 e. The number of benzene rings is 2. The summed E-state index contributed by atoms with van der Waals surface area (Å²) in [7, 11) is 1.61. The molecule has 0 aliphatic rings. The van der Waals surface area contributed by atoms with Gasteiger partial charge in [-0.15, -0.1) is 0 Å². The topological polar surface area (TPSA) is 55.6 Å². The summed E-state index contributed by atoms with van der Waals surface area (Å²) in [5.41, 5.74) is 3.28. The molecule has 4 aromatic rings. The first kappa shape index (κ1) is 25.7. The number of fused-ring (bicyclic) bond motifs is 1. The number of ether oxygens (including phenoxy) is 1. The van der Waals surface area contributed by atoms with E-state index < -0.39 is 11.7 Å². The average molecular weight is 516 g/mol. The van der Waals surface area contributed by atoms with Gasteiger partial charge in [0.15, 0.2) is 0 Å². The Morgan fingerprint density at radius 3 is 2.53 bits per heavy atom. The van der Waals surface area contributed by atoms with E-state index >= 15 is 0 Å². The monoisotopic (exact) mass is 515 g/mol. The van der Waals surface area contributed by atoms with E-state index in [1.807, 2.05) is 16.5 Å². The van der Waals surface area contributed by atoms with Crippen molar-refractivity contribution < 1.29 is 22.7 Å². The van der Waals surface area contributed by atoms with Crippen LogP contribution in [-0.2, 0) is 22.1 Å². The van der Waals surface area contributed by atoms with Crippen molar-refractivity contribution in [2.45, 2.75) is 25.4 Å². The first-order valence-electron chi connectivity index (χ1n) is 11.5. The number of aryl methyl sites for hydroxylation is 1. The Labute approximate surface area is 211 Å². The van der Waals surface area contributed by atoms with Crippen LogP contribution in [0.2, 0.25) is 5.02 Å². The van der Waals surface area contributed by atoms with Crippen LogP contribution in [0.5, 0.6) is 0 Å². The number of alkyl halides is 3. The lowest BCUT2D eigenvalue weighted by molar-refractivity contribution is -0.137. The first-order valence-corrected chi connectivity index (χ1v) is 11.8. The molecule has 0 aliphatic carbocycles. The molecular weight excluding hydrogens is 491 g/mol. The van der Waals surface area contributed by atoms with E-state index in [2.05, 4.69) is 5.32 Å². The van der Waals surface area contributed by atoms with Crippen LogP contribution in [0.25, 0.3) is 28.0 Å². The molecule has 36 heavy (non-hydrogen) atoms. The first-order chi connectivity index (χ1) is 17.3. The Morgan fingerprint density at radius 1 is 1.06 bits per heavy atom. The van der Waals surface area contributed by atoms with Crippen LogP contribution in [0.4, 0.5) is 13.2 Å². The van der Waals surface area contributed by atoms with Crippen LogP contribution in [0.3, 0.4) is 0 Å². The van der Waals surface area contributed by atoms with Crippen molar-refractivity contribution in [1.29, 1.82) is 0 Å². The highest BCUT2D eigenvalue weighted by molar-refractivity contribution is 6.30. The van der Waals surface area contributed by atoms with Crippen molar-refractivity contribution in [3.05, 3.63) is 83.1 Å². The van der Waals surface area contributed by atoms with E-state index in [0.717, 1.165) is 23.4 Å². The third kappa shape index (κ3) is 6.06. The van der Waals surface area contributed by atoms with Gasteiger partial charge in [0.25, 0.3) is 0 Å². The summed E-state index contributed by atoms with van der Waals surface area (Å²) in [6.07, 6.45) is -1.33. The second-order valence-electron chi connectivity index (χ2n) is 8.33.